The summed E-state index contributed by atoms with van der Waals surface area (Å²) in [5.74, 6) is -2.52. The summed E-state index contributed by atoms with van der Waals surface area (Å²) in [6, 6.07) is -0.409. The van der Waals surface area contributed by atoms with Crippen molar-refractivity contribution < 1.29 is 27.5 Å². The number of carbonyl (C=O) groups excluding carboxylic acids is 2. The molecule has 2 heterocycles. The number of piperazine rings is 1. The van der Waals surface area contributed by atoms with Crippen molar-refractivity contribution in [1.82, 2.24) is 25.2 Å². The Kier molecular flexibility index (Phi) is 5.68. The number of nitrogens with zero attached hydrogens (tertiary/aromatic N) is 4. The predicted octanol–water partition coefficient (Wildman–Crippen LogP) is 2.26. The van der Waals surface area contributed by atoms with Crippen molar-refractivity contribution in [1.29, 1.82) is 0 Å². The second kappa shape index (κ2) is 7.83. The van der Waals surface area contributed by atoms with Crippen LogP contribution >= 0.6 is 0 Å². The molecule has 1 saturated carbocycles. The van der Waals surface area contributed by atoms with E-state index in [1.54, 1.807) is 0 Å². The van der Waals surface area contributed by atoms with Crippen molar-refractivity contribution in [3.63, 3.8) is 0 Å². The molecule has 1 amide bonds. The zero-order valence-electron chi connectivity index (χ0n) is 15.0. The second-order valence-electron chi connectivity index (χ2n) is 6.86. The molecule has 1 atom stereocenters. The number of alkyl halides is 3. The summed E-state index contributed by atoms with van der Waals surface area (Å²) >= 11 is 0. The van der Waals surface area contributed by atoms with Crippen LogP contribution in [0.15, 0.2) is 0 Å². The zero-order valence-corrected chi connectivity index (χ0v) is 15.0. The Morgan fingerprint density at radius 2 is 1.93 bits per heavy atom. The quantitative estimate of drug-likeness (QED) is 0.617. The van der Waals surface area contributed by atoms with Gasteiger partial charge in [0.1, 0.15) is 5.69 Å². The van der Waals surface area contributed by atoms with E-state index >= 15 is 0 Å². The molecule has 8 nitrogen and oxygen atoms in total. The van der Waals surface area contributed by atoms with Crippen LogP contribution in [0.3, 0.4) is 0 Å². The van der Waals surface area contributed by atoms with Gasteiger partial charge < -0.3 is 10.1 Å². The fourth-order valence-electron chi connectivity index (χ4n) is 3.70. The number of hydrogen-bond donors (Lipinski definition) is 1. The molecule has 27 heavy (non-hydrogen) atoms. The first-order valence-electron chi connectivity index (χ1n) is 9.01. The highest BCUT2D eigenvalue weighted by Gasteiger charge is 2.44. The second-order valence-corrected chi connectivity index (χ2v) is 6.86. The number of nitrogens with one attached hydrogen (secondary N) is 1. The first kappa shape index (κ1) is 19.6. The molecule has 1 unspecified atom stereocenters. The Morgan fingerprint density at radius 3 is 2.59 bits per heavy atom. The van der Waals surface area contributed by atoms with Crippen LogP contribution in [-0.2, 0) is 9.53 Å². The Balaban J connectivity index is 1.78. The number of carbonyl (C=O) groups is 2. The summed E-state index contributed by atoms with van der Waals surface area (Å²) in [5.41, 5.74) is 1.28. The van der Waals surface area contributed by atoms with E-state index < -0.39 is 24.3 Å². The number of esters is 1. The standard InChI is InChI=1S/C16H22F3N5O3/c1-10-13(21-22-24(10)11-5-3-2-4-6-11)12-9-20-7-8-23(12)15(26)27-14(25)16(17,18)19/h11-12,20H,2-9H2,1H3. The molecule has 3 rings (SSSR count). The third-order valence-electron chi connectivity index (χ3n) is 5.09. The van der Waals surface area contributed by atoms with Gasteiger partial charge in [0.15, 0.2) is 0 Å². The van der Waals surface area contributed by atoms with Crippen LogP contribution in [0.5, 0.6) is 0 Å². The average molecular weight is 389 g/mol. The van der Waals surface area contributed by atoms with Gasteiger partial charge in [0.25, 0.3) is 0 Å². The van der Waals surface area contributed by atoms with E-state index in [0.717, 1.165) is 36.3 Å². The van der Waals surface area contributed by atoms with E-state index in [9.17, 15) is 22.8 Å². The van der Waals surface area contributed by atoms with Gasteiger partial charge in [-0.15, -0.1) is 5.10 Å². The minimum Gasteiger partial charge on any atom is -0.369 e. The maximum Gasteiger partial charge on any atom is 0.491 e. The number of halogens is 3. The van der Waals surface area contributed by atoms with Crippen LogP contribution < -0.4 is 5.32 Å². The van der Waals surface area contributed by atoms with Crippen molar-refractivity contribution in [3.8, 4) is 0 Å². The predicted molar refractivity (Wildman–Crippen MR) is 86.7 cm³/mol. The number of amides is 1. The summed E-state index contributed by atoms with van der Waals surface area (Å²) < 4.78 is 43.0. The molecule has 0 aromatic carbocycles. The SMILES string of the molecule is Cc1c(C2CNCCN2C(=O)OC(=O)C(F)(F)F)nnn1C1CCCCC1. The molecule has 1 aliphatic heterocycles. The Morgan fingerprint density at radius 1 is 1.22 bits per heavy atom. The lowest BCUT2D eigenvalue weighted by Crippen LogP contribution is -2.50. The lowest BCUT2D eigenvalue weighted by molar-refractivity contribution is -0.194. The molecular weight excluding hydrogens is 367 g/mol. The molecule has 1 aromatic heterocycles. The molecule has 1 saturated heterocycles. The number of rotatable bonds is 2. The lowest BCUT2D eigenvalue weighted by Gasteiger charge is -2.34. The normalized spacial score (nSPS) is 21.9. The van der Waals surface area contributed by atoms with Gasteiger partial charge in [-0.1, -0.05) is 24.5 Å². The maximum absolute atomic E-state index is 12.4. The van der Waals surface area contributed by atoms with Gasteiger partial charge >= 0.3 is 18.2 Å². The Hall–Kier alpha value is -2.17. The third-order valence-corrected chi connectivity index (χ3v) is 5.09. The molecular formula is C16H22F3N5O3. The summed E-state index contributed by atoms with van der Waals surface area (Å²) in [5, 5.41) is 11.5. The van der Waals surface area contributed by atoms with Crippen LogP contribution in [0.4, 0.5) is 18.0 Å². The van der Waals surface area contributed by atoms with Crippen LogP contribution in [0.1, 0.15) is 55.6 Å². The molecule has 0 radical (unpaired) electrons. The minimum absolute atomic E-state index is 0.102. The van der Waals surface area contributed by atoms with Crippen LogP contribution in [-0.4, -0.2) is 57.8 Å². The Bertz CT molecular complexity index is 700. The fraction of sp³-hybridized carbons (Fsp3) is 0.750. The number of ether oxygens (including phenoxy) is 1. The maximum atomic E-state index is 12.4. The molecule has 1 N–H and O–H groups in total. The molecule has 1 aromatic rings. The van der Waals surface area contributed by atoms with Crippen molar-refractivity contribution in [2.75, 3.05) is 19.6 Å². The summed E-state index contributed by atoms with van der Waals surface area (Å²) in [4.78, 5) is 24.3. The van der Waals surface area contributed by atoms with E-state index in [2.05, 4.69) is 20.4 Å². The monoisotopic (exact) mass is 389 g/mol. The smallest absolute Gasteiger partial charge is 0.369 e. The van der Waals surface area contributed by atoms with Gasteiger partial charge in [-0.25, -0.2) is 14.3 Å². The van der Waals surface area contributed by atoms with Crippen LogP contribution in [0, 0.1) is 6.92 Å². The number of hydrogen-bond acceptors (Lipinski definition) is 6. The first-order valence-corrected chi connectivity index (χ1v) is 9.01. The van der Waals surface area contributed by atoms with E-state index in [4.69, 9.17) is 0 Å². The first-order chi connectivity index (χ1) is 12.8. The van der Waals surface area contributed by atoms with Crippen molar-refractivity contribution in [2.24, 2.45) is 0 Å². The van der Waals surface area contributed by atoms with Gasteiger partial charge in [0.05, 0.1) is 17.8 Å². The molecule has 11 heteroatoms. The number of aromatic nitrogens is 3. The average Bonchev–Trinajstić information content (AvgIpc) is 3.03. The highest BCUT2D eigenvalue weighted by atomic mass is 19.4. The molecule has 2 aliphatic rings. The zero-order chi connectivity index (χ0) is 19.6. The third kappa shape index (κ3) is 4.23. The largest absolute Gasteiger partial charge is 0.491 e. The van der Waals surface area contributed by atoms with Crippen LogP contribution in [0.25, 0.3) is 0 Å². The van der Waals surface area contributed by atoms with Gasteiger partial charge in [0, 0.05) is 19.6 Å². The molecule has 2 fully saturated rings. The van der Waals surface area contributed by atoms with Gasteiger partial charge in [-0.2, -0.15) is 13.2 Å². The van der Waals surface area contributed by atoms with Crippen molar-refractivity contribution >= 4 is 12.1 Å². The summed E-state index contributed by atoms with van der Waals surface area (Å²) in [6.07, 6.45) is -1.13. The van der Waals surface area contributed by atoms with E-state index in [1.165, 1.54) is 6.42 Å². The van der Waals surface area contributed by atoms with Crippen LogP contribution in [0.2, 0.25) is 0 Å². The van der Waals surface area contributed by atoms with Crippen molar-refractivity contribution in [2.45, 2.75) is 57.3 Å². The Labute approximate surface area is 154 Å². The van der Waals surface area contributed by atoms with E-state index in [1.807, 2.05) is 11.6 Å². The highest BCUT2D eigenvalue weighted by molar-refractivity contribution is 5.88. The molecule has 0 spiro atoms. The van der Waals surface area contributed by atoms with Gasteiger partial charge in [0.2, 0.25) is 0 Å². The molecule has 150 valence electrons. The fourth-order valence-corrected chi connectivity index (χ4v) is 3.70. The summed E-state index contributed by atoms with van der Waals surface area (Å²) in [7, 11) is 0. The molecule has 0 bridgehead atoms. The highest BCUT2D eigenvalue weighted by Crippen LogP contribution is 2.31. The molecule has 1 aliphatic carbocycles. The van der Waals surface area contributed by atoms with Gasteiger partial charge in [-0.3, -0.25) is 4.90 Å². The topological polar surface area (TPSA) is 89.3 Å². The van der Waals surface area contributed by atoms with E-state index in [-0.39, 0.29) is 12.6 Å². The van der Waals surface area contributed by atoms with E-state index in [0.29, 0.717) is 18.8 Å². The lowest BCUT2D eigenvalue weighted by atomic mass is 9.95. The van der Waals surface area contributed by atoms with Crippen molar-refractivity contribution in [3.05, 3.63) is 11.4 Å². The minimum atomic E-state index is -5.22. The van der Waals surface area contributed by atoms with Gasteiger partial charge in [-0.05, 0) is 19.8 Å². The summed E-state index contributed by atoms with van der Waals surface area (Å²) in [6.45, 7) is 2.61.